The lowest BCUT2D eigenvalue weighted by Gasteiger charge is -2.10. The van der Waals surface area contributed by atoms with Crippen LogP contribution in [0.5, 0.6) is 0 Å². The van der Waals surface area contributed by atoms with Gasteiger partial charge in [0.15, 0.2) is 0 Å². The third-order valence-electron chi connectivity index (χ3n) is 1.90. The van der Waals surface area contributed by atoms with Gasteiger partial charge < -0.3 is 10.2 Å². The van der Waals surface area contributed by atoms with Crippen LogP contribution in [-0.4, -0.2) is 26.1 Å². The summed E-state index contributed by atoms with van der Waals surface area (Å²) in [5.41, 5.74) is 0.670. The monoisotopic (exact) mass is 184 g/mol. The molecule has 0 aliphatic rings. The van der Waals surface area contributed by atoms with Crippen molar-refractivity contribution in [3.63, 3.8) is 0 Å². The molecule has 0 fully saturated rings. The largest absolute Gasteiger partial charge is 0.390 e. The standard InChI is InChI=1S/C9H16N2O2/c1-3-4-11-6-8(5-10-11)9(13)7(2)12/h5-7,9,12-13H,3-4H2,1-2H3. The average molecular weight is 184 g/mol. The Labute approximate surface area is 77.8 Å². The van der Waals surface area contributed by atoms with Crippen molar-refractivity contribution in [2.24, 2.45) is 0 Å². The zero-order chi connectivity index (χ0) is 9.84. The SMILES string of the molecule is CCCn1cc(C(O)C(C)O)cn1. The van der Waals surface area contributed by atoms with Gasteiger partial charge >= 0.3 is 0 Å². The third kappa shape index (κ3) is 2.54. The number of aromatic nitrogens is 2. The molecular weight excluding hydrogens is 168 g/mol. The van der Waals surface area contributed by atoms with Gasteiger partial charge in [0.1, 0.15) is 6.10 Å². The van der Waals surface area contributed by atoms with E-state index in [0.717, 1.165) is 13.0 Å². The summed E-state index contributed by atoms with van der Waals surface area (Å²) in [6.07, 6.45) is 2.78. The molecule has 2 atom stereocenters. The predicted octanol–water partition coefficient (Wildman–Crippen LogP) is 0.707. The summed E-state index contributed by atoms with van der Waals surface area (Å²) in [6.45, 7) is 4.46. The van der Waals surface area contributed by atoms with Gasteiger partial charge in [0.05, 0.1) is 12.3 Å². The number of aliphatic hydroxyl groups excluding tert-OH is 2. The highest BCUT2D eigenvalue weighted by Crippen LogP contribution is 2.15. The van der Waals surface area contributed by atoms with E-state index in [1.807, 2.05) is 0 Å². The Morgan fingerprint density at radius 3 is 2.77 bits per heavy atom. The van der Waals surface area contributed by atoms with Crippen LogP contribution in [0.3, 0.4) is 0 Å². The Morgan fingerprint density at radius 1 is 1.54 bits per heavy atom. The maximum absolute atomic E-state index is 9.48. The number of nitrogens with zero attached hydrogens (tertiary/aromatic N) is 2. The molecule has 1 rings (SSSR count). The summed E-state index contributed by atoms with van der Waals surface area (Å²) < 4.78 is 1.76. The second-order valence-corrected chi connectivity index (χ2v) is 3.22. The molecule has 0 spiro atoms. The van der Waals surface area contributed by atoms with Crippen LogP contribution in [0.25, 0.3) is 0 Å². The van der Waals surface area contributed by atoms with Crippen molar-refractivity contribution in [1.82, 2.24) is 9.78 Å². The van der Waals surface area contributed by atoms with Crippen LogP contribution in [0.15, 0.2) is 12.4 Å². The Kier molecular flexibility index (Phi) is 3.45. The second-order valence-electron chi connectivity index (χ2n) is 3.22. The predicted molar refractivity (Wildman–Crippen MR) is 49.2 cm³/mol. The van der Waals surface area contributed by atoms with Gasteiger partial charge in [-0.3, -0.25) is 4.68 Å². The van der Waals surface area contributed by atoms with E-state index >= 15 is 0 Å². The Hall–Kier alpha value is -0.870. The summed E-state index contributed by atoms with van der Waals surface area (Å²) in [5, 5.41) is 22.7. The fourth-order valence-electron chi connectivity index (χ4n) is 1.16. The van der Waals surface area contributed by atoms with E-state index in [1.54, 1.807) is 24.0 Å². The highest BCUT2D eigenvalue weighted by Gasteiger charge is 2.14. The maximum atomic E-state index is 9.48. The minimum Gasteiger partial charge on any atom is -0.390 e. The van der Waals surface area contributed by atoms with Crippen molar-refractivity contribution < 1.29 is 10.2 Å². The van der Waals surface area contributed by atoms with Crippen LogP contribution in [0, 0.1) is 0 Å². The number of hydrogen-bond acceptors (Lipinski definition) is 3. The van der Waals surface area contributed by atoms with Crippen LogP contribution in [-0.2, 0) is 6.54 Å². The van der Waals surface area contributed by atoms with Crippen molar-refractivity contribution in [1.29, 1.82) is 0 Å². The van der Waals surface area contributed by atoms with Gasteiger partial charge in [-0.25, -0.2) is 0 Å². The van der Waals surface area contributed by atoms with E-state index in [0.29, 0.717) is 5.56 Å². The van der Waals surface area contributed by atoms with E-state index in [4.69, 9.17) is 5.11 Å². The number of hydrogen-bond donors (Lipinski definition) is 2. The molecule has 0 aliphatic heterocycles. The highest BCUT2D eigenvalue weighted by molar-refractivity contribution is 5.09. The molecule has 1 aromatic rings. The molecule has 0 radical (unpaired) electrons. The van der Waals surface area contributed by atoms with E-state index < -0.39 is 12.2 Å². The van der Waals surface area contributed by atoms with Crippen molar-refractivity contribution in [3.05, 3.63) is 18.0 Å². The first-order valence-corrected chi connectivity index (χ1v) is 4.53. The van der Waals surface area contributed by atoms with Gasteiger partial charge in [0.2, 0.25) is 0 Å². The van der Waals surface area contributed by atoms with Gasteiger partial charge in [0, 0.05) is 18.3 Å². The van der Waals surface area contributed by atoms with Gasteiger partial charge in [-0.2, -0.15) is 5.10 Å². The van der Waals surface area contributed by atoms with Crippen LogP contribution in [0.1, 0.15) is 31.9 Å². The minimum atomic E-state index is -0.828. The first-order valence-electron chi connectivity index (χ1n) is 4.53. The van der Waals surface area contributed by atoms with E-state index in [9.17, 15) is 5.11 Å². The van der Waals surface area contributed by atoms with E-state index in [-0.39, 0.29) is 0 Å². The molecule has 2 unspecified atom stereocenters. The van der Waals surface area contributed by atoms with Gasteiger partial charge in [0.25, 0.3) is 0 Å². The summed E-state index contributed by atoms with van der Waals surface area (Å²) in [6, 6.07) is 0. The second kappa shape index (κ2) is 4.39. The average Bonchev–Trinajstić information content (AvgIpc) is 2.52. The molecule has 2 N–H and O–H groups in total. The molecule has 1 heterocycles. The van der Waals surface area contributed by atoms with Gasteiger partial charge in [-0.05, 0) is 13.3 Å². The lowest BCUT2D eigenvalue weighted by atomic mass is 10.1. The summed E-state index contributed by atoms with van der Waals surface area (Å²) in [4.78, 5) is 0. The lowest BCUT2D eigenvalue weighted by molar-refractivity contribution is 0.0305. The molecule has 4 heteroatoms. The summed E-state index contributed by atoms with van der Waals surface area (Å²) in [5.74, 6) is 0. The fourth-order valence-corrected chi connectivity index (χ4v) is 1.16. The van der Waals surface area contributed by atoms with Crippen LogP contribution < -0.4 is 0 Å². The highest BCUT2D eigenvalue weighted by atomic mass is 16.3. The zero-order valence-electron chi connectivity index (χ0n) is 8.01. The van der Waals surface area contributed by atoms with Gasteiger partial charge in [-0.15, -0.1) is 0 Å². The molecule has 13 heavy (non-hydrogen) atoms. The minimum absolute atomic E-state index is 0.670. The molecule has 0 aromatic carbocycles. The van der Waals surface area contributed by atoms with Gasteiger partial charge in [-0.1, -0.05) is 6.92 Å². The third-order valence-corrected chi connectivity index (χ3v) is 1.90. The van der Waals surface area contributed by atoms with Crippen molar-refractivity contribution in [2.45, 2.75) is 39.0 Å². The Morgan fingerprint density at radius 2 is 2.23 bits per heavy atom. The fraction of sp³-hybridized carbons (Fsp3) is 0.667. The molecule has 0 saturated carbocycles. The molecular formula is C9H16N2O2. The maximum Gasteiger partial charge on any atom is 0.108 e. The molecule has 0 aliphatic carbocycles. The molecule has 4 nitrogen and oxygen atoms in total. The number of rotatable bonds is 4. The molecule has 0 bridgehead atoms. The van der Waals surface area contributed by atoms with Crippen molar-refractivity contribution in [2.75, 3.05) is 0 Å². The summed E-state index contributed by atoms with van der Waals surface area (Å²) >= 11 is 0. The molecule has 0 saturated heterocycles. The Bertz CT molecular complexity index is 258. The van der Waals surface area contributed by atoms with E-state index in [2.05, 4.69) is 12.0 Å². The molecule has 0 amide bonds. The number of aliphatic hydroxyl groups is 2. The normalized spacial score (nSPS) is 15.7. The molecule has 74 valence electrons. The summed E-state index contributed by atoms with van der Waals surface area (Å²) in [7, 11) is 0. The first kappa shape index (κ1) is 10.2. The number of aryl methyl sites for hydroxylation is 1. The van der Waals surface area contributed by atoms with Crippen LogP contribution in [0.2, 0.25) is 0 Å². The Balaban J connectivity index is 2.67. The lowest BCUT2D eigenvalue weighted by Crippen LogP contribution is -2.13. The van der Waals surface area contributed by atoms with Crippen LogP contribution >= 0.6 is 0 Å². The van der Waals surface area contributed by atoms with Crippen LogP contribution in [0.4, 0.5) is 0 Å². The first-order chi connectivity index (χ1) is 6.15. The topological polar surface area (TPSA) is 58.3 Å². The quantitative estimate of drug-likeness (QED) is 0.724. The van der Waals surface area contributed by atoms with Crippen molar-refractivity contribution in [3.8, 4) is 0 Å². The van der Waals surface area contributed by atoms with Crippen molar-refractivity contribution >= 4 is 0 Å². The smallest absolute Gasteiger partial charge is 0.108 e. The molecule has 1 aromatic heterocycles. The van der Waals surface area contributed by atoms with E-state index in [1.165, 1.54) is 0 Å². The zero-order valence-corrected chi connectivity index (χ0v) is 8.01.